The van der Waals surface area contributed by atoms with Crippen molar-refractivity contribution in [3.8, 4) is 0 Å². The van der Waals surface area contributed by atoms with Crippen LogP contribution in [-0.4, -0.2) is 20.8 Å². The second-order valence-electron chi connectivity index (χ2n) is 6.60. The largest absolute Gasteiger partial charge is 0.474 e. The molecule has 0 aromatic heterocycles. The van der Waals surface area contributed by atoms with Crippen LogP contribution < -0.4 is 6.15 Å². The van der Waals surface area contributed by atoms with Crippen molar-refractivity contribution in [2.24, 2.45) is 0 Å². The maximum Gasteiger partial charge on any atom is 0.474 e. The molecule has 0 atom stereocenters. The highest BCUT2D eigenvalue weighted by Crippen LogP contribution is 2.47. The standard InChI is InChI=1S/C19H41O4P.H3N/c1-4-5-6-7-8-9-10-11-12-13-14-15-16-17-18-19-23-24(20,21-2)22-3;/h4-19H2,1-3H3;1H3. The van der Waals surface area contributed by atoms with Crippen molar-refractivity contribution in [3.05, 3.63) is 0 Å². The van der Waals surface area contributed by atoms with Crippen LogP contribution >= 0.6 is 7.82 Å². The normalized spacial score (nSPS) is 11.5. The summed E-state index contributed by atoms with van der Waals surface area (Å²) >= 11 is 0. The minimum atomic E-state index is -3.27. The Labute approximate surface area is 156 Å². The van der Waals surface area contributed by atoms with E-state index in [4.69, 9.17) is 13.6 Å². The van der Waals surface area contributed by atoms with Gasteiger partial charge in [-0.1, -0.05) is 96.8 Å². The number of hydrogen-bond acceptors (Lipinski definition) is 5. The highest BCUT2D eigenvalue weighted by Gasteiger charge is 2.21. The monoisotopic (exact) mass is 381 g/mol. The maximum atomic E-state index is 11.6. The van der Waals surface area contributed by atoms with Gasteiger partial charge in [-0.15, -0.1) is 0 Å². The van der Waals surface area contributed by atoms with Crippen molar-refractivity contribution in [2.75, 3.05) is 20.8 Å². The summed E-state index contributed by atoms with van der Waals surface area (Å²) < 4.78 is 26.2. The van der Waals surface area contributed by atoms with E-state index in [1.807, 2.05) is 0 Å². The fourth-order valence-corrected chi connectivity index (χ4v) is 3.54. The van der Waals surface area contributed by atoms with Gasteiger partial charge in [-0.3, -0.25) is 13.6 Å². The summed E-state index contributed by atoms with van der Waals surface area (Å²) in [5, 5.41) is 0. The van der Waals surface area contributed by atoms with Gasteiger partial charge in [0.1, 0.15) is 0 Å². The first-order valence-corrected chi connectivity index (χ1v) is 11.5. The van der Waals surface area contributed by atoms with E-state index in [9.17, 15) is 4.57 Å². The molecule has 0 aromatic carbocycles. The molecule has 0 aliphatic carbocycles. The Kier molecular flexibility index (Phi) is 22.3. The van der Waals surface area contributed by atoms with Crippen molar-refractivity contribution in [1.29, 1.82) is 0 Å². The molecule has 0 aliphatic heterocycles. The SMILES string of the molecule is CCCCCCCCCCCCCCCCCOP(=O)(OC)OC.N. The third kappa shape index (κ3) is 18.7. The van der Waals surface area contributed by atoms with E-state index in [2.05, 4.69) is 6.92 Å². The van der Waals surface area contributed by atoms with Gasteiger partial charge in [-0.2, -0.15) is 0 Å². The van der Waals surface area contributed by atoms with Crippen molar-refractivity contribution < 1.29 is 18.1 Å². The number of rotatable bonds is 19. The first-order valence-electron chi connectivity index (χ1n) is 10.0. The molecule has 5 nitrogen and oxygen atoms in total. The summed E-state index contributed by atoms with van der Waals surface area (Å²) in [6.07, 6.45) is 19.9. The van der Waals surface area contributed by atoms with Gasteiger partial charge in [-0.05, 0) is 6.42 Å². The molecule has 0 aliphatic rings. The van der Waals surface area contributed by atoms with Crippen LogP contribution in [0.4, 0.5) is 0 Å². The number of hydrogen-bond donors (Lipinski definition) is 1. The van der Waals surface area contributed by atoms with Crippen LogP contribution in [0, 0.1) is 0 Å². The molecule has 0 amide bonds. The molecule has 0 aromatic rings. The van der Waals surface area contributed by atoms with Crippen LogP contribution in [0.5, 0.6) is 0 Å². The summed E-state index contributed by atoms with van der Waals surface area (Å²) in [6.45, 7) is 2.71. The molecule has 0 fully saturated rings. The summed E-state index contributed by atoms with van der Waals surface area (Å²) in [7, 11) is -0.581. The van der Waals surface area contributed by atoms with Gasteiger partial charge in [0.15, 0.2) is 0 Å². The molecule has 3 N–H and O–H groups in total. The summed E-state index contributed by atoms with van der Waals surface area (Å²) in [6, 6.07) is 0. The second-order valence-corrected chi connectivity index (χ2v) is 8.48. The van der Waals surface area contributed by atoms with E-state index in [1.54, 1.807) is 0 Å². The zero-order valence-electron chi connectivity index (χ0n) is 17.1. The van der Waals surface area contributed by atoms with E-state index < -0.39 is 7.82 Å². The molecular weight excluding hydrogens is 337 g/mol. The highest BCUT2D eigenvalue weighted by molar-refractivity contribution is 7.48. The molecule has 0 radical (unpaired) electrons. The molecular formula is C19H44NO4P. The van der Waals surface area contributed by atoms with Gasteiger partial charge >= 0.3 is 7.82 Å². The molecule has 154 valence electrons. The van der Waals surface area contributed by atoms with Gasteiger partial charge in [0.25, 0.3) is 0 Å². The van der Waals surface area contributed by atoms with Crippen LogP contribution in [0.3, 0.4) is 0 Å². The van der Waals surface area contributed by atoms with Gasteiger partial charge in [0, 0.05) is 14.2 Å². The van der Waals surface area contributed by atoms with Crippen LogP contribution in [0.25, 0.3) is 0 Å². The summed E-state index contributed by atoms with van der Waals surface area (Å²) in [5.74, 6) is 0. The number of phosphoric ester groups is 1. The fraction of sp³-hybridized carbons (Fsp3) is 1.00. The van der Waals surface area contributed by atoms with E-state index in [1.165, 1.54) is 97.7 Å². The van der Waals surface area contributed by atoms with Gasteiger partial charge in [0.2, 0.25) is 0 Å². The third-order valence-electron chi connectivity index (χ3n) is 4.44. The lowest BCUT2D eigenvalue weighted by atomic mass is 10.0. The van der Waals surface area contributed by atoms with Gasteiger partial charge in [0.05, 0.1) is 6.61 Å². The highest BCUT2D eigenvalue weighted by atomic mass is 31.2. The molecule has 0 spiro atoms. The minimum absolute atomic E-state index is 0. The first kappa shape index (κ1) is 27.3. The maximum absolute atomic E-state index is 11.6. The fourth-order valence-electron chi connectivity index (χ4n) is 2.83. The minimum Gasteiger partial charge on any atom is -0.344 e. The molecule has 0 rings (SSSR count). The Morgan fingerprint density at radius 1 is 0.600 bits per heavy atom. The predicted molar refractivity (Wildman–Crippen MR) is 108 cm³/mol. The van der Waals surface area contributed by atoms with Crippen molar-refractivity contribution in [1.82, 2.24) is 6.15 Å². The van der Waals surface area contributed by atoms with Gasteiger partial charge in [-0.25, -0.2) is 4.57 Å². The van der Waals surface area contributed by atoms with E-state index >= 15 is 0 Å². The second kappa shape index (κ2) is 20.4. The van der Waals surface area contributed by atoms with Crippen LogP contribution in [-0.2, 0) is 18.1 Å². The van der Waals surface area contributed by atoms with E-state index in [0.29, 0.717) is 6.61 Å². The summed E-state index contributed by atoms with van der Waals surface area (Å²) in [4.78, 5) is 0. The number of phosphoric acid groups is 1. The van der Waals surface area contributed by atoms with Crippen molar-refractivity contribution >= 4 is 7.82 Å². The Hall–Kier alpha value is 0.0700. The molecule has 6 heteroatoms. The van der Waals surface area contributed by atoms with Gasteiger partial charge < -0.3 is 6.15 Å². The first-order chi connectivity index (χ1) is 11.7. The van der Waals surface area contributed by atoms with Crippen molar-refractivity contribution in [3.63, 3.8) is 0 Å². The quantitative estimate of drug-likeness (QED) is 0.186. The average molecular weight is 382 g/mol. The predicted octanol–water partition coefficient (Wildman–Crippen LogP) is 7.44. The molecule has 0 unspecified atom stereocenters. The van der Waals surface area contributed by atoms with Crippen LogP contribution in [0.2, 0.25) is 0 Å². The lowest BCUT2D eigenvalue weighted by Crippen LogP contribution is -1.97. The Morgan fingerprint density at radius 3 is 1.24 bits per heavy atom. The average Bonchev–Trinajstić information content (AvgIpc) is 2.61. The smallest absolute Gasteiger partial charge is 0.344 e. The zero-order chi connectivity index (χ0) is 17.9. The van der Waals surface area contributed by atoms with Crippen molar-refractivity contribution in [2.45, 2.75) is 103 Å². The summed E-state index contributed by atoms with van der Waals surface area (Å²) in [5.41, 5.74) is 0. The molecule has 0 saturated carbocycles. The topological polar surface area (TPSA) is 79.8 Å². The Morgan fingerprint density at radius 2 is 0.920 bits per heavy atom. The zero-order valence-corrected chi connectivity index (χ0v) is 18.0. The van der Waals surface area contributed by atoms with E-state index in [-0.39, 0.29) is 6.15 Å². The molecule has 0 bridgehead atoms. The molecule has 0 heterocycles. The lowest BCUT2D eigenvalue weighted by molar-refractivity contribution is 0.150. The third-order valence-corrected chi connectivity index (χ3v) is 5.84. The Balaban J connectivity index is 0. The Bertz CT molecular complexity index is 295. The number of unbranched alkanes of at least 4 members (excludes halogenated alkanes) is 14. The lowest BCUT2D eigenvalue weighted by Gasteiger charge is -2.12. The molecule has 25 heavy (non-hydrogen) atoms. The van der Waals surface area contributed by atoms with Crippen LogP contribution in [0.15, 0.2) is 0 Å². The molecule has 0 saturated heterocycles. The van der Waals surface area contributed by atoms with E-state index in [0.717, 1.165) is 12.8 Å². The van der Waals surface area contributed by atoms with Crippen LogP contribution in [0.1, 0.15) is 103 Å².